The smallest absolute Gasteiger partial charge is 0.350 e. The van der Waals surface area contributed by atoms with Crippen LogP contribution in [0.1, 0.15) is 68.3 Å². The van der Waals surface area contributed by atoms with Crippen molar-refractivity contribution >= 4 is 84.0 Å². The van der Waals surface area contributed by atoms with Gasteiger partial charge in [0.15, 0.2) is 47.5 Å². The summed E-state index contributed by atoms with van der Waals surface area (Å²) in [5.41, 5.74) is 2.55. The van der Waals surface area contributed by atoms with Gasteiger partial charge in [0.1, 0.15) is 75.0 Å². The summed E-state index contributed by atoms with van der Waals surface area (Å²) in [5, 5.41) is 48.4. The van der Waals surface area contributed by atoms with Gasteiger partial charge in [0.05, 0.1) is 42.7 Å². The van der Waals surface area contributed by atoms with E-state index in [-0.39, 0.29) is 56.3 Å². The summed E-state index contributed by atoms with van der Waals surface area (Å²) in [7, 11) is -6.75. The fourth-order valence-corrected chi connectivity index (χ4v) is 10.4. The van der Waals surface area contributed by atoms with Gasteiger partial charge in [-0.3, -0.25) is 4.57 Å². The third-order valence-electron chi connectivity index (χ3n) is 12.7. The van der Waals surface area contributed by atoms with Crippen molar-refractivity contribution in [1.82, 2.24) is 39.5 Å². The predicted octanol–water partition coefficient (Wildman–Crippen LogP) is 5.93. The number of ether oxygens (including phenoxy) is 8. The number of nitrogens with zero attached hydrogens (tertiary/aromatic N) is 8. The molecule has 0 radical (unpaired) electrons. The number of fused-ring (bicyclic) bond motifs is 3. The molecule has 7 N–H and O–H groups in total. The lowest BCUT2D eigenvalue weighted by Crippen LogP contribution is -2.34. The van der Waals surface area contributed by atoms with Crippen LogP contribution >= 0.6 is 50.3 Å². The number of anilines is 2. The first kappa shape index (κ1) is 60.1. The van der Waals surface area contributed by atoms with Crippen LogP contribution in [0, 0.1) is 0 Å². The first-order chi connectivity index (χ1) is 36.7. The minimum absolute atomic E-state index is 0. The number of aliphatic hydroxyl groups is 3. The fraction of sp³-hybridized carbons (Fsp3) is 0.542. The standard InChI is InChI=1S/C29H39ClN5O7P.C19H23ClN5O8P.ClH/c1-29(2)41-24-21(15-37-17-43(3,4)36)40-28(25(24)42-29)35-27-19(14-32-35)26(31-13-18-9-5-6-10-20(18)30)33-22(34-27)16-39-23-11-7-8-12-38-23;20-12-4-2-1-3-10(12)5-21-17-11-6-22-25(18(11)24-14(7-26)23-17)19-16(28)15(27)13(33-19)8-32-9-34(29,30)31;/h5-6,9-10,14,21,23-25,28H,7-8,11-13,15-17H2,1-4H3,(H,31,33,34);1-4,6,13,15-16,19,26-28H,5,7-9H2,(H,21,23,24)(H2,29,30,31);1H/t21-,23?,24-,25-,28-;13-,15-,16-,19-;/m11./s1. The highest BCUT2D eigenvalue weighted by molar-refractivity contribution is 7.62. The van der Waals surface area contributed by atoms with E-state index in [1.807, 2.05) is 56.3 Å². The highest BCUT2D eigenvalue weighted by atomic mass is 35.5. The van der Waals surface area contributed by atoms with Gasteiger partial charge in [0.2, 0.25) is 0 Å². The van der Waals surface area contributed by atoms with Gasteiger partial charge in [-0.05, 0) is 69.7 Å². The van der Waals surface area contributed by atoms with Gasteiger partial charge in [-0.1, -0.05) is 59.6 Å². The lowest BCUT2D eigenvalue weighted by Gasteiger charge is -2.24. The molecular formula is C48H63Cl3N10O15P2. The lowest BCUT2D eigenvalue weighted by atomic mass is 10.1. The van der Waals surface area contributed by atoms with Crippen LogP contribution in [0.3, 0.4) is 0 Å². The Morgan fingerprint density at radius 1 is 0.744 bits per heavy atom. The Kier molecular flexibility index (Phi) is 19.9. The Labute approximate surface area is 464 Å². The summed E-state index contributed by atoms with van der Waals surface area (Å²) in [6.45, 7) is 8.16. The first-order valence-electron chi connectivity index (χ1n) is 24.8. The van der Waals surface area contributed by atoms with Crippen LogP contribution in [0.2, 0.25) is 10.0 Å². The zero-order valence-electron chi connectivity index (χ0n) is 42.9. The normalized spacial score (nSPS) is 24.9. The molecule has 426 valence electrons. The van der Waals surface area contributed by atoms with Crippen LogP contribution in [0.5, 0.6) is 0 Å². The molecule has 25 nitrogen and oxygen atoms in total. The molecule has 9 atom stereocenters. The molecule has 4 aliphatic heterocycles. The maximum absolute atomic E-state index is 12.2. The van der Waals surface area contributed by atoms with E-state index in [1.54, 1.807) is 30.3 Å². The van der Waals surface area contributed by atoms with Gasteiger partial charge in [0, 0.05) is 29.7 Å². The molecule has 0 aliphatic carbocycles. The summed E-state index contributed by atoms with van der Waals surface area (Å²) in [6, 6.07) is 14.9. The zero-order valence-corrected chi connectivity index (χ0v) is 47.0. The Balaban J connectivity index is 0.000000209. The number of aromatic nitrogens is 8. The van der Waals surface area contributed by atoms with E-state index in [4.69, 9.17) is 86.0 Å². The molecule has 4 aliphatic rings. The number of rotatable bonds is 20. The van der Waals surface area contributed by atoms with Crippen LogP contribution in [0.25, 0.3) is 22.1 Å². The number of hydrogen-bond donors (Lipinski definition) is 7. The Morgan fingerprint density at radius 2 is 1.29 bits per heavy atom. The molecule has 10 rings (SSSR count). The zero-order chi connectivity index (χ0) is 54.6. The second-order valence-corrected chi connectivity index (χ2v) is 25.5. The van der Waals surface area contributed by atoms with Crippen molar-refractivity contribution in [1.29, 1.82) is 0 Å². The van der Waals surface area contributed by atoms with E-state index in [2.05, 4.69) is 25.7 Å². The van der Waals surface area contributed by atoms with Gasteiger partial charge in [0.25, 0.3) is 0 Å². The molecule has 1 unspecified atom stereocenters. The Hall–Kier alpha value is -4.05. The summed E-state index contributed by atoms with van der Waals surface area (Å²) < 4.78 is 73.3. The summed E-state index contributed by atoms with van der Waals surface area (Å²) in [5.74, 6) is 0.712. The van der Waals surface area contributed by atoms with Crippen LogP contribution in [0.15, 0.2) is 60.9 Å². The quantitative estimate of drug-likeness (QED) is 0.0436. The Morgan fingerprint density at radius 3 is 1.87 bits per heavy atom. The third-order valence-corrected chi connectivity index (χ3v) is 14.7. The molecule has 8 heterocycles. The summed E-state index contributed by atoms with van der Waals surface area (Å²) >= 11 is 12.6. The van der Waals surface area contributed by atoms with Crippen molar-refractivity contribution in [3.63, 3.8) is 0 Å². The minimum Gasteiger partial charge on any atom is -0.388 e. The first-order valence-corrected chi connectivity index (χ1v) is 30.1. The van der Waals surface area contributed by atoms with E-state index >= 15 is 0 Å². The van der Waals surface area contributed by atoms with Crippen LogP contribution in [-0.4, -0.2) is 159 Å². The molecule has 0 spiro atoms. The van der Waals surface area contributed by atoms with Crippen LogP contribution in [-0.2, 0) is 73.3 Å². The molecule has 4 fully saturated rings. The van der Waals surface area contributed by atoms with Crippen molar-refractivity contribution in [2.45, 2.75) is 121 Å². The molecule has 4 aromatic heterocycles. The monoisotopic (exact) mass is 1190 g/mol. The average molecular weight is 1190 g/mol. The Bertz CT molecular complexity index is 3090. The van der Waals surface area contributed by atoms with E-state index in [9.17, 15) is 24.4 Å². The van der Waals surface area contributed by atoms with Crippen LogP contribution in [0.4, 0.5) is 11.6 Å². The molecule has 30 heteroatoms. The number of aliphatic hydroxyl groups excluding tert-OH is 3. The highest BCUT2D eigenvalue weighted by Gasteiger charge is 2.56. The van der Waals surface area contributed by atoms with Gasteiger partial charge < -0.3 is 78.2 Å². The van der Waals surface area contributed by atoms with E-state index in [0.29, 0.717) is 63.6 Å². The molecule has 2 aromatic carbocycles. The van der Waals surface area contributed by atoms with Crippen molar-refractivity contribution < 1.29 is 72.1 Å². The fourth-order valence-electron chi connectivity index (χ4n) is 9.11. The molecule has 78 heavy (non-hydrogen) atoms. The van der Waals surface area contributed by atoms with Gasteiger partial charge >= 0.3 is 7.60 Å². The average Bonchev–Trinajstić information content (AvgIpc) is 4.38. The number of hydrogen-bond acceptors (Lipinski definition) is 21. The van der Waals surface area contributed by atoms with Gasteiger partial charge in [-0.25, -0.2) is 29.3 Å². The van der Waals surface area contributed by atoms with Crippen molar-refractivity contribution in [3.05, 3.63) is 93.7 Å². The minimum atomic E-state index is -4.40. The van der Waals surface area contributed by atoms with Crippen molar-refractivity contribution in [3.8, 4) is 0 Å². The number of benzene rings is 2. The summed E-state index contributed by atoms with van der Waals surface area (Å²) in [6.07, 6.45) is -1.93. The number of nitrogens with one attached hydrogen (secondary N) is 2. The maximum atomic E-state index is 12.2. The molecular weight excluding hydrogens is 1120 g/mol. The summed E-state index contributed by atoms with van der Waals surface area (Å²) in [4.78, 5) is 36.1. The van der Waals surface area contributed by atoms with E-state index in [0.717, 1.165) is 30.4 Å². The molecule has 0 amide bonds. The number of halogens is 3. The van der Waals surface area contributed by atoms with Crippen LogP contribution < -0.4 is 10.6 Å². The van der Waals surface area contributed by atoms with Gasteiger partial charge in [-0.2, -0.15) is 10.2 Å². The van der Waals surface area contributed by atoms with E-state index in [1.165, 1.54) is 10.9 Å². The maximum Gasteiger partial charge on any atom is 0.350 e. The van der Waals surface area contributed by atoms with E-state index < -0.39 is 82.6 Å². The lowest BCUT2D eigenvalue weighted by molar-refractivity contribution is -0.202. The largest absolute Gasteiger partial charge is 0.388 e. The van der Waals surface area contributed by atoms with Gasteiger partial charge in [-0.15, -0.1) is 12.4 Å². The van der Waals surface area contributed by atoms with Crippen molar-refractivity contribution in [2.75, 3.05) is 56.5 Å². The topological polar surface area (TPSA) is 320 Å². The second-order valence-electron chi connectivity index (χ2n) is 19.7. The molecule has 0 bridgehead atoms. The SMILES string of the molecule is CC1(C)O[C@@H]2[C@H](O1)[C@@H](COCP(C)(C)=O)O[C@H]2n1ncc2c(NCc3ccccc3Cl)nc(COC3CCCCO3)nc21.Cl.O=P(O)(O)COC[C@H]1O[C@@H](n2ncc3c(NCc4ccccc4Cl)nc(CO)nc32)[C@H](O)[C@@H]1O. The second kappa shape index (κ2) is 25.8. The molecule has 4 saturated heterocycles. The van der Waals surface area contributed by atoms with Crippen molar-refractivity contribution in [2.24, 2.45) is 0 Å². The molecule has 0 saturated carbocycles. The molecule has 6 aromatic rings. The predicted molar refractivity (Wildman–Crippen MR) is 287 cm³/mol. The third kappa shape index (κ3) is 14.7. The highest BCUT2D eigenvalue weighted by Crippen LogP contribution is 2.45.